The molecular formula is C22H18ClN5. The van der Waals surface area contributed by atoms with Crippen molar-refractivity contribution in [2.75, 3.05) is 5.32 Å². The second-order valence-corrected chi connectivity index (χ2v) is 6.74. The minimum atomic E-state index is 0.140. The highest BCUT2D eigenvalue weighted by Crippen LogP contribution is 2.31. The quantitative estimate of drug-likeness (QED) is 0.502. The number of halogens is 1. The molecule has 0 fully saturated rings. The Kier molecular flexibility index (Phi) is 5.54. The highest BCUT2D eigenvalue weighted by Gasteiger charge is 2.17. The number of benzene rings is 1. The van der Waals surface area contributed by atoms with Crippen LogP contribution < -0.4 is 5.32 Å². The van der Waals surface area contributed by atoms with Crippen LogP contribution in [-0.2, 0) is 6.42 Å². The summed E-state index contributed by atoms with van der Waals surface area (Å²) >= 11 is 5.84. The maximum absolute atomic E-state index is 5.84. The lowest BCUT2D eigenvalue weighted by Gasteiger charge is -2.20. The van der Waals surface area contributed by atoms with Crippen LogP contribution in [0.3, 0.4) is 0 Å². The maximum atomic E-state index is 5.84. The van der Waals surface area contributed by atoms with Crippen molar-refractivity contribution in [3.63, 3.8) is 0 Å². The first-order valence-corrected chi connectivity index (χ1v) is 9.31. The van der Waals surface area contributed by atoms with Gasteiger partial charge in [-0.25, -0.2) is 0 Å². The summed E-state index contributed by atoms with van der Waals surface area (Å²) in [5.74, 6) is 0.790. The smallest absolute Gasteiger partial charge is 0.153 e. The van der Waals surface area contributed by atoms with E-state index in [0.29, 0.717) is 11.0 Å². The molecule has 0 amide bonds. The van der Waals surface area contributed by atoms with Crippen molar-refractivity contribution in [1.29, 1.82) is 0 Å². The highest BCUT2D eigenvalue weighted by molar-refractivity contribution is 6.29. The average Bonchev–Trinajstić information content (AvgIpc) is 2.76. The lowest BCUT2D eigenvalue weighted by molar-refractivity contribution is 0.795. The Labute approximate surface area is 168 Å². The van der Waals surface area contributed by atoms with Crippen molar-refractivity contribution >= 4 is 23.1 Å². The number of rotatable bonds is 6. The molecule has 1 aromatic carbocycles. The van der Waals surface area contributed by atoms with Crippen LogP contribution in [-0.4, -0.2) is 20.2 Å². The first-order chi connectivity index (χ1) is 13.8. The second kappa shape index (κ2) is 8.59. The van der Waals surface area contributed by atoms with Gasteiger partial charge >= 0.3 is 0 Å². The van der Waals surface area contributed by atoms with E-state index in [2.05, 4.69) is 43.7 Å². The van der Waals surface area contributed by atoms with Crippen LogP contribution in [0, 0.1) is 0 Å². The van der Waals surface area contributed by atoms with E-state index >= 15 is 0 Å². The molecule has 4 aromatic rings. The zero-order valence-corrected chi connectivity index (χ0v) is 15.8. The van der Waals surface area contributed by atoms with Crippen LogP contribution in [0.4, 0.5) is 11.5 Å². The van der Waals surface area contributed by atoms with E-state index in [-0.39, 0.29) is 5.92 Å². The van der Waals surface area contributed by atoms with Crippen molar-refractivity contribution in [1.82, 2.24) is 20.2 Å². The molecule has 3 heterocycles. The first-order valence-electron chi connectivity index (χ1n) is 8.93. The summed E-state index contributed by atoms with van der Waals surface area (Å²) in [7, 11) is 0. The van der Waals surface area contributed by atoms with Gasteiger partial charge in [-0.1, -0.05) is 41.9 Å². The van der Waals surface area contributed by atoms with Gasteiger partial charge in [-0.15, -0.1) is 10.2 Å². The van der Waals surface area contributed by atoms with Gasteiger partial charge in [0.15, 0.2) is 11.0 Å². The van der Waals surface area contributed by atoms with Crippen molar-refractivity contribution in [3.05, 3.63) is 107 Å². The molecule has 3 aromatic heterocycles. The summed E-state index contributed by atoms with van der Waals surface area (Å²) in [6, 6.07) is 19.9. The van der Waals surface area contributed by atoms with Crippen molar-refractivity contribution in [2.24, 2.45) is 0 Å². The molecule has 0 bridgehead atoms. The van der Waals surface area contributed by atoms with Gasteiger partial charge in [0.25, 0.3) is 0 Å². The van der Waals surface area contributed by atoms with E-state index in [9.17, 15) is 0 Å². The Balaban J connectivity index is 1.67. The zero-order valence-electron chi connectivity index (χ0n) is 15.0. The molecule has 0 aliphatic heterocycles. The second-order valence-electron chi connectivity index (χ2n) is 6.35. The van der Waals surface area contributed by atoms with E-state index in [1.165, 1.54) is 0 Å². The normalized spacial score (nSPS) is 10.8. The van der Waals surface area contributed by atoms with Crippen molar-refractivity contribution < 1.29 is 0 Å². The van der Waals surface area contributed by atoms with E-state index < -0.39 is 0 Å². The predicted octanol–water partition coefficient (Wildman–Crippen LogP) is 5.04. The lowest BCUT2D eigenvalue weighted by atomic mass is 9.87. The van der Waals surface area contributed by atoms with Gasteiger partial charge in [-0.05, 0) is 53.4 Å². The summed E-state index contributed by atoms with van der Waals surface area (Å²) in [6.45, 7) is 0. The summed E-state index contributed by atoms with van der Waals surface area (Å²) in [4.78, 5) is 8.61. The zero-order chi connectivity index (χ0) is 19.2. The van der Waals surface area contributed by atoms with Gasteiger partial charge in [0.05, 0.1) is 0 Å². The first kappa shape index (κ1) is 18.1. The molecular weight excluding hydrogens is 370 g/mol. The predicted molar refractivity (Wildman–Crippen MR) is 111 cm³/mol. The highest BCUT2D eigenvalue weighted by atomic mass is 35.5. The van der Waals surface area contributed by atoms with Gasteiger partial charge in [-0.3, -0.25) is 9.97 Å². The molecule has 0 unspecified atom stereocenters. The third kappa shape index (κ3) is 4.32. The number of anilines is 2. The summed E-state index contributed by atoms with van der Waals surface area (Å²) in [5.41, 5.74) is 4.45. The van der Waals surface area contributed by atoms with Gasteiger partial charge in [0.1, 0.15) is 0 Å². The van der Waals surface area contributed by atoms with Crippen LogP contribution >= 0.6 is 11.6 Å². The van der Waals surface area contributed by atoms with Crippen molar-refractivity contribution in [3.8, 4) is 0 Å². The Morgan fingerprint density at radius 2 is 1.50 bits per heavy atom. The molecule has 28 heavy (non-hydrogen) atoms. The van der Waals surface area contributed by atoms with Crippen molar-refractivity contribution in [2.45, 2.75) is 12.3 Å². The van der Waals surface area contributed by atoms with Gasteiger partial charge in [0, 0.05) is 36.4 Å². The minimum Gasteiger partial charge on any atom is -0.339 e. The Hall–Kier alpha value is -3.31. The number of para-hydroxylation sites is 1. The number of pyridine rings is 2. The van der Waals surface area contributed by atoms with E-state index in [1.807, 2.05) is 48.8 Å². The molecule has 0 aliphatic rings. The molecule has 0 saturated carbocycles. The Bertz CT molecular complexity index is 984. The fourth-order valence-electron chi connectivity index (χ4n) is 3.15. The molecule has 138 valence electrons. The Morgan fingerprint density at radius 1 is 0.786 bits per heavy atom. The van der Waals surface area contributed by atoms with Gasteiger partial charge < -0.3 is 5.32 Å². The number of nitrogens with one attached hydrogen (secondary N) is 1. The molecule has 5 nitrogen and oxygen atoms in total. The van der Waals surface area contributed by atoms with Crippen LogP contribution in [0.1, 0.15) is 22.6 Å². The van der Waals surface area contributed by atoms with Gasteiger partial charge in [0.2, 0.25) is 0 Å². The SMILES string of the molecule is Clc1ccc(Nc2ccccc2CC(c2cccnc2)c2cccnc2)nn1. The number of hydrogen-bond acceptors (Lipinski definition) is 5. The van der Waals surface area contributed by atoms with Crippen LogP contribution in [0.2, 0.25) is 5.15 Å². The molecule has 1 N–H and O–H groups in total. The van der Waals surface area contributed by atoms with Crippen LogP contribution in [0.5, 0.6) is 0 Å². The van der Waals surface area contributed by atoms with E-state index in [0.717, 1.165) is 28.8 Å². The molecule has 4 rings (SSSR count). The minimum absolute atomic E-state index is 0.140. The third-order valence-electron chi connectivity index (χ3n) is 4.51. The molecule has 0 radical (unpaired) electrons. The summed E-state index contributed by atoms with van der Waals surface area (Å²) in [6.07, 6.45) is 8.20. The maximum Gasteiger partial charge on any atom is 0.153 e. The fraction of sp³-hybridized carbons (Fsp3) is 0.0909. The summed E-state index contributed by atoms with van der Waals surface area (Å²) < 4.78 is 0. The molecule has 0 atom stereocenters. The largest absolute Gasteiger partial charge is 0.339 e. The monoisotopic (exact) mass is 387 g/mol. The summed E-state index contributed by atoms with van der Waals surface area (Å²) in [5, 5.41) is 11.7. The molecule has 6 heteroatoms. The Morgan fingerprint density at radius 3 is 2.11 bits per heavy atom. The van der Waals surface area contributed by atoms with Crippen LogP contribution in [0.15, 0.2) is 85.5 Å². The number of aromatic nitrogens is 4. The molecule has 0 aliphatic carbocycles. The average molecular weight is 388 g/mol. The number of nitrogens with zero attached hydrogens (tertiary/aromatic N) is 4. The fourth-order valence-corrected chi connectivity index (χ4v) is 3.25. The topological polar surface area (TPSA) is 63.6 Å². The molecule has 0 spiro atoms. The number of hydrogen-bond donors (Lipinski definition) is 1. The van der Waals surface area contributed by atoms with E-state index in [4.69, 9.17) is 11.6 Å². The molecule has 0 saturated heterocycles. The lowest BCUT2D eigenvalue weighted by Crippen LogP contribution is -2.08. The van der Waals surface area contributed by atoms with E-state index in [1.54, 1.807) is 18.5 Å². The van der Waals surface area contributed by atoms with Gasteiger partial charge in [-0.2, -0.15) is 0 Å². The van der Waals surface area contributed by atoms with Crippen LogP contribution in [0.25, 0.3) is 0 Å². The standard InChI is InChI=1S/C22H18ClN5/c23-21-9-10-22(28-27-21)26-20-8-2-1-5-16(20)13-19(17-6-3-11-24-14-17)18-7-4-12-25-15-18/h1-12,14-15,19H,13H2,(H,26,28). The third-order valence-corrected chi connectivity index (χ3v) is 4.71.